The van der Waals surface area contributed by atoms with E-state index in [9.17, 15) is 24.4 Å². The molecule has 1 fully saturated rings. The van der Waals surface area contributed by atoms with Gasteiger partial charge in [0.2, 0.25) is 0 Å². The van der Waals surface area contributed by atoms with E-state index in [2.05, 4.69) is 10.1 Å². The highest BCUT2D eigenvalue weighted by molar-refractivity contribution is 7.52. The van der Waals surface area contributed by atoms with Crippen molar-refractivity contribution in [2.45, 2.75) is 63.9 Å². The van der Waals surface area contributed by atoms with E-state index in [1.54, 1.807) is 37.5 Å². The van der Waals surface area contributed by atoms with Crippen molar-refractivity contribution in [2.24, 2.45) is 0 Å². The van der Waals surface area contributed by atoms with E-state index < -0.39 is 62.2 Å². The minimum atomic E-state index is -4.27. The van der Waals surface area contributed by atoms with Crippen LogP contribution < -0.4 is 20.8 Å². The molecule has 0 aliphatic carbocycles. The Morgan fingerprint density at radius 1 is 1.27 bits per heavy atom. The first-order valence-electron chi connectivity index (χ1n) is 11.4. The molecule has 0 amide bonds. The second-order valence-corrected chi connectivity index (χ2v) is 10.5. The molecule has 0 saturated carbocycles. The Balaban J connectivity index is 1.79. The van der Waals surface area contributed by atoms with Gasteiger partial charge < -0.3 is 24.2 Å². The van der Waals surface area contributed by atoms with Crippen molar-refractivity contribution in [1.29, 1.82) is 0 Å². The maximum Gasteiger partial charge on any atom is 0.459 e. The minimum absolute atomic E-state index is 0.130. The van der Waals surface area contributed by atoms with Crippen molar-refractivity contribution in [1.82, 2.24) is 14.6 Å². The number of carbonyl (C=O) groups excluding carboxylic acids is 1. The van der Waals surface area contributed by atoms with E-state index in [0.29, 0.717) is 0 Å². The summed E-state index contributed by atoms with van der Waals surface area (Å²) in [5, 5.41) is 33.1. The molecule has 14 nitrogen and oxygen atoms in total. The Hall–Kier alpha value is -2.84. The van der Waals surface area contributed by atoms with Crippen LogP contribution in [0.1, 0.15) is 33.9 Å². The van der Waals surface area contributed by atoms with Crippen LogP contribution in [0.3, 0.4) is 0 Å². The first-order valence-corrected chi connectivity index (χ1v) is 12.9. The first-order chi connectivity index (χ1) is 17.4. The number of carbonyl (C=O) groups is 1. The molecule has 6 atom stereocenters. The third-order valence-electron chi connectivity index (χ3n) is 5.39. The highest BCUT2D eigenvalue weighted by Crippen LogP contribution is 2.46. The lowest BCUT2D eigenvalue weighted by atomic mass is 9.96. The second-order valence-electron chi connectivity index (χ2n) is 8.85. The molecule has 2 heterocycles. The van der Waals surface area contributed by atoms with Gasteiger partial charge in [-0.1, -0.05) is 18.2 Å². The van der Waals surface area contributed by atoms with E-state index >= 15 is 0 Å². The number of hydrogen-bond acceptors (Lipinski definition) is 12. The number of rotatable bonds is 11. The summed E-state index contributed by atoms with van der Waals surface area (Å²) in [6.07, 6.45) is -3.46. The number of nitrogens with one attached hydrogen (secondary N) is 2. The van der Waals surface area contributed by atoms with E-state index in [0.717, 1.165) is 4.57 Å². The number of para-hydroxylation sites is 1. The molecule has 2 aromatic rings. The van der Waals surface area contributed by atoms with Crippen molar-refractivity contribution in [3.8, 4) is 5.75 Å². The van der Waals surface area contributed by atoms with Crippen molar-refractivity contribution in [2.75, 3.05) is 12.1 Å². The van der Waals surface area contributed by atoms with Gasteiger partial charge in [0.1, 0.15) is 29.6 Å². The molecule has 1 aliphatic heterocycles. The zero-order valence-corrected chi connectivity index (χ0v) is 21.6. The molecule has 2 unspecified atom stereocenters. The van der Waals surface area contributed by atoms with Gasteiger partial charge in [0.15, 0.2) is 12.0 Å². The van der Waals surface area contributed by atoms with Gasteiger partial charge in [-0.3, -0.25) is 24.6 Å². The summed E-state index contributed by atoms with van der Waals surface area (Å²) < 4.78 is 36.5. The van der Waals surface area contributed by atoms with Gasteiger partial charge in [0.05, 0.1) is 12.7 Å². The number of anilines is 1. The summed E-state index contributed by atoms with van der Waals surface area (Å²) in [5.74, 6) is -0.645. The predicted octanol–water partition coefficient (Wildman–Crippen LogP) is 1.19. The summed E-state index contributed by atoms with van der Waals surface area (Å²) in [7, 11) is -4.27. The van der Waals surface area contributed by atoms with Crippen LogP contribution in [0, 0.1) is 0 Å². The fourth-order valence-corrected chi connectivity index (χ4v) is 5.04. The zero-order valence-electron chi connectivity index (χ0n) is 20.7. The number of esters is 1. The maximum atomic E-state index is 13.6. The van der Waals surface area contributed by atoms with E-state index in [1.165, 1.54) is 38.2 Å². The van der Waals surface area contributed by atoms with Gasteiger partial charge in [0.25, 0.3) is 0 Å². The van der Waals surface area contributed by atoms with Gasteiger partial charge in [-0.05, 0) is 45.9 Å². The zero-order chi connectivity index (χ0) is 27.4. The Morgan fingerprint density at radius 3 is 2.54 bits per heavy atom. The van der Waals surface area contributed by atoms with Gasteiger partial charge in [-0.15, -0.1) is 0 Å². The second kappa shape index (κ2) is 11.7. The lowest BCUT2D eigenvalue weighted by molar-refractivity contribution is -0.149. The molecule has 204 valence electrons. The Labute approximate surface area is 212 Å². The third-order valence-corrected chi connectivity index (χ3v) is 7.03. The molecule has 1 aromatic heterocycles. The van der Waals surface area contributed by atoms with Gasteiger partial charge in [-0.2, -0.15) is 10.1 Å². The van der Waals surface area contributed by atoms with E-state index in [1.807, 2.05) is 0 Å². The van der Waals surface area contributed by atoms with Crippen molar-refractivity contribution in [3.05, 3.63) is 53.1 Å². The average molecular weight is 542 g/mol. The van der Waals surface area contributed by atoms with Crippen LogP contribution in [0.25, 0.3) is 0 Å². The average Bonchev–Trinajstić information content (AvgIpc) is 3.06. The lowest BCUT2D eigenvalue weighted by Crippen LogP contribution is -2.46. The maximum absolute atomic E-state index is 13.6. The molecule has 1 aliphatic rings. The van der Waals surface area contributed by atoms with Crippen LogP contribution in [0.5, 0.6) is 5.75 Å². The molecule has 37 heavy (non-hydrogen) atoms. The van der Waals surface area contributed by atoms with Crippen molar-refractivity contribution >= 4 is 19.5 Å². The standard InChI is InChI=1S/C22H31N4O10P/c1-13(2)34-19(28)14(3)25-37(32,36-15-8-6-5-7-9-15)33-12-16-18(27)22(4,30)20(35-16)26-11-10-17(24-31)23-21(26)29/h5-11,13-14,16,18,20,27,30-31H,12H2,1-4H3,(H,25,32)(H,23,24,29)/t14-,16+,18?,20+,22+,37?/m0/s1. The molecule has 1 aromatic carbocycles. The van der Waals surface area contributed by atoms with Gasteiger partial charge in [0, 0.05) is 6.20 Å². The summed E-state index contributed by atoms with van der Waals surface area (Å²) >= 11 is 0. The van der Waals surface area contributed by atoms with Gasteiger partial charge >= 0.3 is 19.4 Å². The summed E-state index contributed by atoms with van der Waals surface area (Å²) in [5.41, 5.74) is -1.13. The smallest absolute Gasteiger partial charge is 0.459 e. The molecule has 0 radical (unpaired) electrons. The molecule has 1 saturated heterocycles. The minimum Gasteiger partial charge on any atom is -0.462 e. The SMILES string of the molecule is CC(C)OC(=O)[C@H](C)NP(=O)(OC[C@H]1O[C@@H](n2ccc(NO)nc2=O)[C@](C)(O)C1O)Oc1ccccc1. The normalized spacial score (nSPS) is 25.9. The Morgan fingerprint density at radius 2 is 1.95 bits per heavy atom. The number of nitrogens with zero attached hydrogens (tertiary/aromatic N) is 2. The quantitative estimate of drug-likeness (QED) is 0.155. The lowest BCUT2D eigenvalue weighted by Gasteiger charge is -2.27. The molecule has 0 spiro atoms. The Kier molecular flexibility index (Phi) is 9.08. The molecular formula is C22H31N4O10P. The van der Waals surface area contributed by atoms with Crippen LogP contribution in [-0.2, 0) is 23.4 Å². The number of hydrogen-bond donors (Lipinski definition) is 5. The number of aliphatic hydroxyl groups excluding tert-OH is 1. The molecule has 5 N–H and O–H groups in total. The van der Waals surface area contributed by atoms with Crippen molar-refractivity contribution < 1.29 is 43.3 Å². The number of aliphatic hydroxyl groups is 2. The predicted molar refractivity (Wildman–Crippen MR) is 129 cm³/mol. The number of benzene rings is 1. The van der Waals surface area contributed by atoms with E-state index in [-0.39, 0.29) is 11.6 Å². The highest BCUT2D eigenvalue weighted by atomic mass is 31.2. The molecule has 0 bridgehead atoms. The first kappa shape index (κ1) is 28.7. The fraction of sp³-hybridized carbons (Fsp3) is 0.500. The summed E-state index contributed by atoms with van der Waals surface area (Å²) in [6.45, 7) is 5.43. The third kappa shape index (κ3) is 6.93. The highest BCUT2D eigenvalue weighted by Gasteiger charge is 2.54. The summed E-state index contributed by atoms with van der Waals surface area (Å²) in [6, 6.07) is 8.23. The molecule has 3 rings (SSSR count). The van der Waals surface area contributed by atoms with Crippen LogP contribution in [0.4, 0.5) is 5.82 Å². The largest absolute Gasteiger partial charge is 0.462 e. The van der Waals surface area contributed by atoms with Crippen LogP contribution in [0.2, 0.25) is 0 Å². The fourth-order valence-electron chi connectivity index (χ4n) is 3.54. The van der Waals surface area contributed by atoms with Crippen LogP contribution in [-0.4, -0.2) is 67.5 Å². The van der Waals surface area contributed by atoms with Crippen LogP contribution in [0.15, 0.2) is 47.4 Å². The molecular weight excluding hydrogens is 511 g/mol. The van der Waals surface area contributed by atoms with Crippen molar-refractivity contribution in [3.63, 3.8) is 0 Å². The summed E-state index contributed by atoms with van der Waals surface area (Å²) in [4.78, 5) is 28.2. The van der Waals surface area contributed by atoms with Crippen LogP contribution >= 0.6 is 7.75 Å². The van der Waals surface area contributed by atoms with Gasteiger partial charge in [-0.25, -0.2) is 9.36 Å². The molecule has 15 heteroatoms. The topological polar surface area (TPSA) is 191 Å². The Bertz CT molecular complexity index is 1180. The van der Waals surface area contributed by atoms with E-state index in [4.69, 9.17) is 23.7 Å². The number of ether oxygens (including phenoxy) is 2. The monoisotopic (exact) mass is 542 g/mol. The number of aromatic nitrogens is 2.